The Bertz CT molecular complexity index is 696. The van der Waals surface area contributed by atoms with Crippen LogP contribution in [0.2, 0.25) is 0 Å². The van der Waals surface area contributed by atoms with Gasteiger partial charge in [-0.25, -0.2) is 0 Å². The van der Waals surface area contributed by atoms with Gasteiger partial charge in [-0.2, -0.15) is 0 Å². The number of nitrogens with one attached hydrogen (secondary N) is 1. The number of ether oxygens (including phenoxy) is 1. The Morgan fingerprint density at radius 1 is 1.18 bits per heavy atom. The van der Waals surface area contributed by atoms with Crippen LogP contribution in [0.3, 0.4) is 0 Å². The van der Waals surface area contributed by atoms with Crippen molar-refractivity contribution in [3.8, 4) is 5.75 Å². The van der Waals surface area contributed by atoms with E-state index >= 15 is 0 Å². The van der Waals surface area contributed by atoms with Crippen LogP contribution in [0.1, 0.15) is 11.1 Å². The van der Waals surface area contributed by atoms with Crippen LogP contribution < -0.4 is 10.1 Å². The average molecular weight is 300 g/mol. The summed E-state index contributed by atoms with van der Waals surface area (Å²) in [6.45, 7) is 3.46. The van der Waals surface area contributed by atoms with E-state index in [1.807, 2.05) is 19.1 Å². The number of nitrogens with zero attached hydrogens (tertiary/aromatic N) is 1. The highest BCUT2D eigenvalue weighted by Gasteiger charge is 2.11. The maximum Gasteiger partial charge on any atom is 0.272 e. The minimum Gasteiger partial charge on any atom is -0.484 e. The molecular formula is C16H16N2O4. The molecule has 2 aromatic rings. The molecule has 2 aromatic carbocycles. The predicted octanol–water partition coefficient (Wildman–Crippen LogP) is 3.23. The van der Waals surface area contributed by atoms with E-state index in [4.69, 9.17) is 4.74 Å². The minimum absolute atomic E-state index is 0.0221. The molecule has 0 saturated heterocycles. The molecule has 22 heavy (non-hydrogen) atoms. The average Bonchev–Trinajstić information content (AvgIpc) is 2.46. The number of rotatable bonds is 5. The predicted molar refractivity (Wildman–Crippen MR) is 83.1 cm³/mol. The second kappa shape index (κ2) is 6.71. The van der Waals surface area contributed by atoms with Gasteiger partial charge in [0, 0.05) is 17.3 Å². The van der Waals surface area contributed by atoms with Crippen molar-refractivity contribution in [2.45, 2.75) is 13.8 Å². The molecule has 0 spiro atoms. The van der Waals surface area contributed by atoms with Gasteiger partial charge in [-0.05, 0) is 38.1 Å². The van der Waals surface area contributed by atoms with E-state index in [1.54, 1.807) is 25.1 Å². The number of aryl methyl sites for hydroxylation is 2. The van der Waals surface area contributed by atoms with E-state index in [9.17, 15) is 14.9 Å². The highest BCUT2D eigenvalue weighted by atomic mass is 16.6. The first-order valence-corrected chi connectivity index (χ1v) is 6.70. The third-order valence-electron chi connectivity index (χ3n) is 3.07. The maximum absolute atomic E-state index is 11.8. The summed E-state index contributed by atoms with van der Waals surface area (Å²) < 4.78 is 5.37. The number of hydrogen-bond acceptors (Lipinski definition) is 4. The zero-order valence-corrected chi connectivity index (χ0v) is 12.3. The van der Waals surface area contributed by atoms with E-state index in [2.05, 4.69) is 5.32 Å². The summed E-state index contributed by atoms with van der Waals surface area (Å²) in [6, 6.07) is 11.8. The van der Waals surface area contributed by atoms with E-state index in [1.165, 1.54) is 12.1 Å². The van der Waals surface area contributed by atoms with E-state index in [0.717, 1.165) is 5.56 Å². The first-order valence-electron chi connectivity index (χ1n) is 6.70. The molecule has 0 atom stereocenters. The summed E-state index contributed by atoms with van der Waals surface area (Å²) in [5.41, 5.74) is 2.12. The molecule has 0 bridgehead atoms. The van der Waals surface area contributed by atoms with Crippen molar-refractivity contribution in [3.63, 3.8) is 0 Å². The summed E-state index contributed by atoms with van der Waals surface area (Å²) >= 11 is 0. The van der Waals surface area contributed by atoms with Crippen LogP contribution in [0.25, 0.3) is 0 Å². The van der Waals surface area contributed by atoms with E-state index < -0.39 is 4.92 Å². The van der Waals surface area contributed by atoms with Gasteiger partial charge in [0.1, 0.15) is 5.75 Å². The van der Waals surface area contributed by atoms with Crippen LogP contribution in [-0.4, -0.2) is 17.4 Å². The standard InChI is InChI=1S/C16H16N2O4/c1-11-3-6-14(7-4-11)22-10-16(19)17-13-5-8-15(18(20)21)12(2)9-13/h3-9H,10H2,1-2H3,(H,17,19). The van der Waals surface area contributed by atoms with Crippen molar-refractivity contribution in [3.05, 3.63) is 63.7 Å². The summed E-state index contributed by atoms with van der Waals surface area (Å²) in [7, 11) is 0. The van der Waals surface area contributed by atoms with Crippen molar-refractivity contribution in [2.75, 3.05) is 11.9 Å². The highest BCUT2D eigenvalue weighted by Crippen LogP contribution is 2.21. The van der Waals surface area contributed by atoms with E-state index in [0.29, 0.717) is 17.0 Å². The molecule has 0 unspecified atom stereocenters. The number of nitro groups is 1. The van der Waals surface area contributed by atoms with Gasteiger partial charge in [0.15, 0.2) is 6.61 Å². The molecule has 0 fully saturated rings. The Morgan fingerprint density at radius 2 is 1.86 bits per heavy atom. The van der Waals surface area contributed by atoms with Crippen LogP contribution in [0.15, 0.2) is 42.5 Å². The van der Waals surface area contributed by atoms with Crippen LogP contribution in [0, 0.1) is 24.0 Å². The molecule has 0 aliphatic carbocycles. The molecule has 1 N–H and O–H groups in total. The third kappa shape index (κ3) is 4.05. The van der Waals surface area contributed by atoms with Crippen LogP contribution in [0.4, 0.5) is 11.4 Å². The Kier molecular flexibility index (Phi) is 4.73. The lowest BCUT2D eigenvalue weighted by Crippen LogP contribution is -2.20. The fraction of sp³-hybridized carbons (Fsp3) is 0.188. The number of anilines is 1. The Balaban J connectivity index is 1.93. The Morgan fingerprint density at radius 3 is 2.45 bits per heavy atom. The quantitative estimate of drug-likeness (QED) is 0.679. The van der Waals surface area contributed by atoms with Gasteiger partial charge < -0.3 is 10.1 Å². The monoisotopic (exact) mass is 300 g/mol. The Labute approximate surface area is 127 Å². The maximum atomic E-state index is 11.8. The van der Waals surface area contributed by atoms with Gasteiger partial charge in [0.2, 0.25) is 0 Å². The number of hydrogen-bond donors (Lipinski definition) is 1. The molecule has 1 amide bonds. The molecule has 0 radical (unpaired) electrons. The number of carbonyl (C=O) groups excluding carboxylic acids is 1. The van der Waals surface area contributed by atoms with Crippen molar-refractivity contribution < 1.29 is 14.5 Å². The molecular weight excluding hydrogens is 284 g/mol. The van der Waals surface area contributed by atoms with Crippen molar-refractivity contribution in [2.24, 2.45) is 0 Å². The van der Waals surface area contributed by atoms with Gasteiger partial charge >= 0.3 is 0 Å². The smallest absolute Gasteiger partial charge is 0.272 e. The molecule has 6 heteroatoms. The molecule has 0 aliphatic heterocycles. The first kappa shape index (κ1) is 15.5. The molecule has 0 aliphatic rings. The van der Waals surface area contributed by atoms with Gasteiger partial charge in [-0.3, -0.25) is 14.9 Å². The van der Waals surface area contributed by atoms with Crippen molar-refractivity contribution in [1.82, 2.24) is 0 Å². The lowest BCUT2D eigenvalue weighted by molar-refractivity contribution is -0.385. The normalized spacial score (nSPS) is 10.1. The van der Waals surface area contributed by atoms with Gasteiger partial charge in [-0.15, -0.1) is 0 Å². The molecule has 0 aromatic heterocycles. The fourth-order valence-corrected chi connectivity index (χ4v) is 1.92. The molecule has 0 saturated carbocycles. The highest BCUT2D eigenvalue weighted by molar-refractivity contribution is 5.92. The number of nitro benzene ring substituents is 1. The van der Waals surface area contributed by atoms with Crippen LogP contribution in [0.5, 0.6) is 5.75 Å². The SMILES string of the molecule is Cc1ccc(OCC(=O)Nc2ccc([N+](=O)[O-])c(C)c2)cc1. The zero-order chi connectivity index (χ0) is 16.1. The fourth-order valence-electron chi connectivity index (χ4n) is 1.92. The summed E-state index contributed by atoms with van der Waals surface area (Å²) in [6.07, 6.45) is 0. The first-order chi connectivity index (χ1) is 10.5. The van der Waals surface area contributed by atoms with E-state index in [-0.39, 0.29) is 18.2 Å². The van der Waals surface area contributed by atoms with Crippen molar-refractivity contribution in [1.29, 1.82) is 0 Å². The van der Waals surface area contributed by atoms with Gasteiger partial charge in [-0.1, -0.05) is 17.7 Å². The lowest BCUT2D eigenvalue weighted by Gasteiger charge is -2.08. The summed E-state index contributed by atoms with van der Waals surface area (Å²) in [5, 5.41) is 13.4. The topological polar surface area (TPSA) is 81.5 Å². The van der Waals surface area contributed by atoms with Crippen molar-refractivity contribution >= 4 is 17.3 Å². The largest absolute Gasteiger partial charge is 0.484 e. The Hall–Kier alpha value is -2.89. The van der Waals surface area contributed by atoms with Gasteiger partial charge in [0.25, 0.3) is 11.6 Å². The van der Waals surface area contributed by atoms with Crippen LogP contribution >= 0.6 is 0 Å². The van der Waals surface area contributed by atoms with Gasteiger partial charge in [0.05, 0.1) is 4.92 Å². The second-order valence-electron chi connectivity index (χ2n) is 4.91. The molecule has 114 valence electrons. The third-order valence-corrected chi connectivity index (χ3v) is 3.07. The number of amides is 1. The number of benzene rings is 2. The lowest BCUT2D eigenvalue weighted by atomic mass is 10.2. The molecule has 6 nitrogen and oxygen atoms in total. The second-order valence-corrected chi connectivity index (χ2v) is 4.91. The van der Waals surface area contributed by atoms with Crippen LogP contribution in [-0.2, 0) is 4.79 Å². The molecule has 0 heterocycles. The minimum atomic E-state index is -0.457. The zero-order valence-electron chi connectivity index (χ0n) is 12.3. The summed E-state index contributed by atoms with van der Waals surface area (Å²) in [5.74, 6) is 0.287. The number of carbonyl (C=O) groups is 1. The summed E-state index contributed by atoms with van der Waals surface area (Å²) in [4.78, 5) is 22.1. The molecule has 2 rings (SSSR count).